The number of thioether (sulfide) groups is 1. The Balaban J connectivity index is 2.28. The molecule has 2 aromatic rings. The van der Waals surface area contributed by atoms with Crippen LogP contribution in [0.4, 0.5) is 5.69 Å². The average molecular weight is 312 g/mol. The first kappa shape index (κ1) is 12.6. The van der Waals surface area contributed by atoms with Crippen molar-refractivity contribution in [2.75, 3.05) is 18.1 Å². The van der Waals surface area contributed by atoms with Gasteiger partial charge in [-0.05, 0) is 34.3 Å². The topological polar surface area (TPSA) is 37.8 Å². The van der Waals surface area contributed by atoms with E-state index >= 15 is 0 Å². The van der Waals surface area contributed by atoms with E-state index in [2.05, 4.69) is 44.4 Å². The zero-order valence-electron chi connectivity index (χ0n) is 9.77. The minimum atomic E-state index is 0.577. The first-order valence-corrected chi connectivity index (χ1v) is 7.45. The monoisotopic (exact) mass is 311 g/mol. The molecule has 0 aliphatic rings. The van der Waals surface area contributed by atoms with Gasteiger partial charge in [0.05, 0.1) is 11.2 Å². The fourth-order valence-electron chi connectivity index (χ4n) is 1.49. The van der Waals surface area contributed by atoms with Crippen LogP contribution in [0.1, 0.15) is 6.92 Å². The Labute approximate surface area is 114 Å². The van der Waals surface area contributed by atoms with E-state index in [1.165, 1.54) is 0 Å². The van der Waals surface area contributed by atoms with Crippen molar-refractivity contribution < 1.29 is 0 Å². The molecule has 2 heterocycles. The predicted octanol–water partition coefficient (Wildman–Crippen LogP) is 3.56. The molecule has 2 rings (SSSR count). The lowest BCUT2D eigenvalue weighted by atomic mass is 10.3. The number of hydrogen-bond acceptors (Lipinski definition) is 4. The zero-order chi connectivity index (χ0) is 12.3. The van der Waals surface area contributed by atoms with E-state index in [1.54, 1.807) is 6.20 Å². The van der Waals surface area contributed by atoms with Gasteiger partial charge >= 0.3 is 0 Å². The van der Waals surface area contributed by atoms with Gasteiger partial charge in [-0.2, -0.15) is 11.8 Å². The zero-order valence-corrected chi connectivity index (χ0v) is 12.2. The summed E-state index contributed by atoms with van der Waals surface area (Å²) in [6.07, 6.45) is 5.72. The summed E-state index contributed by atoms with van der Waals surface area (Å²) in [5.74, 6) is 0. The van der Waals surface area contributed by atoms with Gasteiger partial charge < -0.3 is 5.32 Å². The van der Waals surface area contributed by atoms with Gasteiger partial charge in [-0.3, -0.25) is 9.97 Å². The molecule has 0 aliphatic heterocycles. The third kappa shape index (κ3) is 3.10. The fraction of sp³-hybridized carbons (Fsp3) is 0.333. The van der Waals surface area contributed by atoms with Crippen molar-refractivity contribution in [3.05, 3.63) is 29.0 Å². The number of pyridine rings is 2. The lowest BCUT2D eigenvalue weighted by Crippen LogP contribution is -2.13. The number of anilines is 1. The Kier molecular flexibility index (Phi) is 4.23. The van der Waals surface area contributed by atoms with Crippen LogP contribution in [0.3, 0.4) is 0 Å². The molecule has 0 aromatic carbocycles. The lowest BCUT2D eigenvalue weighted by molar-refractivity contribution is 1.00. The molecule has 0 aliphatic carbocycles. The third-order valence-corrected chi connectivity index (χ3v) is 3.93. The second-order valence-corrected chi connectivity index (χ2v) is 6.00. The summed E-state index contributed by atoms with van der Waals surface area (Å²) in [6, 6.07) is 3.95. The van der Waals surface area contributed by atoms with Gasteiger partial charge in [-0.15, -0.1) is 0 Å². The highest BCUT2D eigenvalue weighted by Crippen LogP contribution is 2.22. The highest BCUT2D eigenvalue weighted by molar-refractivity contribution is 9.10. The molecule has 2 aromatic heterocycles. The SMILES string of the molecule is CSC(C)CNc1ccnc2cc(Br)cnc12. The summed E-state index contributed by atoms with van der Waals surface area (Å²) in [6.45, 7) is 3.13. The molecule has 0 saturated carbocycles. The van der Waals surface area contributed by atoms with Gasteiger partial charge in [0, 0.05) is 28.7 Å². The van der Waals surface area contributed by atoms with Crippen LogP contribution in [0, 0.1) is 0 Å². The number of rotatable bonds is 4. The quantitative estimate of drug-likeness (QED) is 0.937. The van der Waals surface area contributed by atoms with E-state index in [1.807, 2.05) is 30.1 Å². The highest BCUT2D eigenvalue weighted by atomic mass is 79.9. The molecule has 90 valence electrons. The molecule has 0 radical (unpaired) electrons. The first-order chi connectivity index (χ1) is 8.20. The maximum absolute atomic E-state index is 4.41. The van der Waals surface area contributed by atoms with E-state index in [0.717, 1.165) is 27.7 Å². The molecule has 0 spiro atoms. The summed E-state index contributed by atoms with van der Waals surface area (Å²) in [4.78, 5) is 8.72. The standard InChI is InChI=1S/C12H14BrN3S/c1-8(17-2)6-15-10-3-4-14-11-5-9(13)7-16-12(10)11/h3-5,7-8H,6H2,1-2H3,(H,14,15). The van der Waals surface area contributed by atoms with E-state index in [4.69, 9.17) is 0 Å². The number of nitrogens with one attached hydrogen (secondary N) is 1. The Morgan fingerprint density at radius 2 is 2.29 bits per heavy atom. The minimum Gasteiger partial charge on any atom is -0.382 e. The van der Waals surface area contributed by atoms with Crippen LogP contribution in [0.15, 0.2) is 29.0 Å². The largest absolute Gasteiger partial charge is 0.382 e. The predicted molar refractivity (Wildman–Crippen MR) is 78.7 cm³/mol. The number of halogens is 1. The molecule has 5 heteroatoms. The number of fused-ring (bicyclic) bond motifs is 1. The molecular weight excluding hydrogens is 298 g/mol. The van der Waals surface area contributed by atoms with E-state index in [9.17, 15) is 0 Å². The molecule has 17 heavy (non-hydrogen) atoms. The molecule has 0 fully saturated rings. The Hall–Kier alpha value is -0.810. The Morgan fingerprint density at radius 3 is 3.06 bits per heavy atom. The van der Waals surface area contributed by atoms with E-state index in [-0.39, 0.29) is 0 Å². The number of nitrogens with zero attached hydrogens (tertiary/aromatic N) is 2. The smallest absolute Gasteiger partial charge is 0.112 e. The molecule has 1 N–H and O–H groups in total. The number of aromatic nitrogens is 2. The summed E-state index contributed by atoms with van der Waals surface area (Å²) in [5, 5.41) is 4.00. The molecule has 1 unspecified atom stereocenters. The summed E-state index contributed by atoms with van der Waals surface area (Å²) < 4.78 is 0.951. The van der Waals surface area contributed by atoms with Crippen molar-refractivity contribution in [2.24, 2.45) is 0 Å². The Morgan fingerprint density at radius 1 is 1.47 bits per heavy atom. The highest BCUT2D eigenvalue weighted by Gasteiger charge is 2.05. The molecule has 0 bridgehead atoms. The van der Waals surface area contributed by atoms with E-state index in [0.29, 0.717) is 5.25 Å². The van der Waals surface area contributed by atoms with Crippen LogP contribution in [0.2, 0.25) is 0 Å². The minimum absolute atomic E-state index is 0.577. The lowest BCUT2D eigenvalue weighted by Gasteiger charge is -2.12. The maximum atomic E-state index is 4.41. The van der Waals surface area contributed by atoms with Gasteiger partial charge in [0.1, 0.15) is 5.52 Å². The van der Waals surface area contributed by atoms with Crippen LogP contribution in [-0.2, 0) is 0 Å². The second kappa shape index (κ2) is 5.69. The van der Waals surface area contributed by atoms with Crippen LogP contribution >= 0.6 is 27.7 Å². The van der Waals surface area contributed by atoms with Crippen LogP contribution < -0.4 is 5.32 Å². The van der Waals surface area contributed by atoms with Gasteiger partial charge in [-0.25, -0.2) is 0 Å². The van der Waals surface area contributed by atoms with Gasteiger partial charge in [0.15, 0.2) is 0 Å². The average Bonchev–Trinajstić information content (AvgIpc) is 2.35. The molecular formula is C12H14BrN3S. The van der Waals surface area contributed by atoms with Gasteiger partial charge in [0.2, 0.25) is 0 Å². The van der Waals surface area contributed by atoms with Crippen molar-refractivity contribution in [3.8, 4) is 0 Å². The summed E-state index contributed by atoms with van der Waals surface area (Å²) in [7, 11) is 0. The number of hydrogen-bond donors (Lipinski definition) is 1. The normalized spacial score (nSPS) is 12.6. The van der Waals surface area contributed by atoms with E-state index < -0.39 is 0 Å². The summed E-state index contributed by atoms with van der Waals surface area (Å²) in [5.41, 5.74) is 2.87. The van der Waals surface area contributed by atoms with Crippen molar-refractivity contribution in [2.45, 2.75) is 12.2 Å². The van der Waals surface area contributed by atoms with Crippen LogP contribution in [0.25, 0.3) is 11.0 Å². The van der Waals surface area contributed by atoms with Crippen molar-refractivity contribution in [3.63, 3.8) is 0 Å². The molecule has 3 nitrogen and oxygen atoms in total. The van der Waals surface area contributed by atoms with Crippen LogP contribution in [-0.4, -0.2) is 28.0 Å². The molecule has 1 atom stereocenters. The molecule has 0 saturated heterocycles. The Bertz CT molecular complexity index is 518. The fourth-order valence-corrected chi connectivity index (χ4v) is 2.05. The summed E-state index contributed by atoms with van der Waals surface area (Å²) >= 11 is 5.25. The van der Waals surface area contributed by atoms with Crippen molar-refractivity contribution in [1.29, 1.82) is 0 Å². The first-order valence-electron chi connectivity index (χ1n) is 5.37. The third-order valence-electron chi connectivity index (χ3n) is 2.53. The van der Waals surface area contributed by atoms with Gasteiger partial charge in [0.25, 0.3) is 0 Å². The second-order valence-electron chi connectivity index (χ2n) is 3.81. The van der Waals surface area contributed by atoms with Crippen molar-refractivity contribution >= 4 is 44.4 Å². The maximum Gasteiger partial charge on any atom is 0.112 e. The van der Waals surface area contributed by atoms with Crippen molar-refractivity contribution in [1.82, 2.24) is 9.97 Å². The van der Waals surface area contributed by atoms with Crippen LogP contribution in [0.5, 0.6) is 0 Å². The molecule has 0 amide bonds. The van der Waals surface area contributed by atoms with Gasteiger partial charge in [-0.1, -0.05) is 6.92 Å².